The fourth-order valence-corrected chi connectivity index (χ4v) is 2.21. The summed E-state index contributed by atoms with van der Waals surface area (Å²) in [6, 6.07) is 5.36. The average molecular weight is 343 g/mol. The van der Waals surface area contributed by atoms with E-state index in [1.807, 2.05) is 25.1 Å². The lowest BCUT2D eigenvalue weighted by atomic mass is 10.1. The van der Waals surface area contributed by atoms with Gasteiger partial charge in [-0.05, 0) is 53.4 Å². The van der Waals surface area contributed by atoms with Gasteiger partial charge >= 0.3 is 12.0 Å². The van der Waals surface area contributed by atoms with E-state index in [4.69, 9.17) is 5.11 Å². The Morgan fingerprint density at radius 3 is 2.70 bits per heavy atom. The van der Waals surface area contributed by atoms with Gasteiger partial charge in [-0.2, -0.15) is 0 Å². The first kappa shape index (κ1) is 16.5. The van der Waals surface area contributed by atoms with E-state index in [0.29, 0.717) is 25.1 Å². The van der Waals surface area contributed by atoms with Gasteiger partial charge < -0.3 is 15.7 Å². The molecule has 110 valence electrons. The van der Waals surface area contributed by atoms with Crippen molar-refractivity contribution in [1.82, 2.24) is 5.32 Å². The van der Waals surface area contributed by atoms with Crippen LogP contribution in [0.15, 0.2) is 22.7 Å². The number of aryl methyl sites for hydroxylation is 1. The second kappa shape index (κ2) is 7.89. The number of carboxylic acids is 1. The van der Waals surface area contributed by atoms with Crippen molar-refractivity contribution in [3.63, 3.8) is 0 Å². The number of anilines is 1. The lowest BCUT2D eigenvalue weighted by molar-refractivity contribution is -0.141. The largest absolute Gasteiger partial charge is 0.481 e. The van der Waals surface area contributed by atoms with Crippen LogP contribution in [0.2, 0.25) is 0 Å². The topological polar surface area (TPSA) is 78.4 Å². The van der Waals surface area contributed by atoms with Crippen molar-refractivity contribution < 1.29 is 14.7 Å². The van der Waals surface area contributed by atoms with Gasteiger partial charge in [-0.25, -0.2) is 4.79 Å². The van der Waals surface area contributed by atoms with Crippen LogP contribution in [0, 0.1) is 12.8 Å². The molecule has 0 saturated heterocycles. The second-order valence-electron chi connectivity index (χ2n) is 4.75. The zero-order valence-electron chi connectivity index (χ0n) is 11.6. The summed E-state index contributed by atoms with van der Waals surface area (Å²) in [5.74, 6) is -1.19. The number of hydrogen-bond donors (Lipinski definition) is 3. The zero-order valence-corrected chi connectivity index (χ0v) is 13.2. The van der Waals surface area contributed by atoms with Gasteiger partial charge in [-0.1, -0.05) is 13.0 Å². The van der Waals surface area contributed by atoms with Gasteiger partial charge in [0, 0.05) is 11.0 Å². The normalized spacial score (nSPS) is 11.8. The van der Waals surface area contributed by atoms with Crippen LogP contribution < -0.4 is 10.6 Å². The molecule has 1 aromatic carbocycles. The SMILES string of the molecule is Cc1ccc(NC(=O)NCCCC(C)C(=O)O)c(Br)c1. The van der Waals surface area contributed by atoms with E-state index in [-0.39, 0.29) is 11.9 Å². The summed E-state index contributed by atoms with van der Waals surface area (Å²) in [7, 11) is 0. The van der Waals surface area contributed by atoms with E-state index in [1.165, 1.54) is 0 Å². The average Bonchev–Trinajstić information content (AvgIpc) is 2.37. The van der Waals surface area contributed by atoms with E-state index in [0.717, 1.165) is 10.0 Å². The first-order valence-corrected chi connectivity index (χ1v) is 7.23. The number of rotatable bonds is 6. The molecular formula is C14H19BrN2O3. The Balaban J connectivity index is 2.32. The Bertz CT molecular complexity index is 491. The van der Waals surface area contributed by atoms with Crippen LogP contribution >= 0.6 is 15.9 Å². The number of hydrogen-bond acceptors (Lipinski definition) is 2. The molecule has 0 heterocycles. The monoisotopic (exact) mass is 342 g/mol. The number of aliphatic carboxylic acids is 1. The molecular weight excluding hydrogens is 324 g/mol. The van der Waals surface area contributed by atoms with Crippen LogP contribution in [-0.4, -0.2) is 23.7 Å². The molecule has 0 fully saturated rings. The van der Waals surface area contributed by atoms with Crippen molar-refractivity contribution in [1.29, 1.82) is 0 Å². The second-order valence-corrected chi connectivity index (χ2v) is 5.60. The zero-order chi connectivity index (χ0) is 15.1. The van der Waals surface area contributed by atoms with Crippen LogP contribution in [0.1, 0.15) is 25.3 Å². The summed E-state index contributed by atoms with van der Waals surface area (Å²) < 4.78 is 0.826. The summed E-state index contributed by atoms with van der Waals surface area (Å²) in [5.41, 5.74) is 1.80. The molecule has 1 atom stereocenters. The van der Waals surface area contributed by atoms with Crippen molar-refractivity contribution in [2.24, 2.45) is 5.92 Å². The lowest BCUT2D eigenvalue weighted by Crippen LogP contribution is -2.30. The molecule has 0 aromatic heterocycles. The molecule has 20 heavy (non-hydrogen) atoms. The van der Waals surface area contributed by atoms with Crippen molar-refractivity contribution in [3.8, 4) is 0 Å². The molecule has 3 N–H and O–H groups in total. The number of urea groups is 1. The molecule has 0 saturated carbocycles. The molecule has 1 aromatic rings. The Morgan fingerprint density at radius 1 is 1.40 bits per heavy atom. The maximum Gasteiger partial charge on any atom is 0.319 e. The van der Waals surface area contributed by atoms with Crippen LogP contribution in [0.4, 0.5) is 10.5 Å². The fourth-order valence-electron chi connectivity index (χ4n) is 1.62. The predicted octanol–water partition coefficient (Wildman–Crippen LogP) is 3.38. The molecule has 1 unspecified atom stereocenters. The van der Waals surface area contributed by atoms with E-state index in [1.54, 1.807) is 6.92 Å². The Morgan fingerprint density at radius 2 is 2.10 bits per heavy atom. The number of carboxylic acid groups (broad SMARTS) is 1. The van der Waals surface area contributed by atoms with Crippen LogP contribution in [0.25, 0.3) is 0 Å². The minimum absolute atomic E-state index is 0.294. The molecule has 0 radical (unpaired) electrons. The smallest absolute Gasteiger partial charge is 0.319 e. The highest BCUT2D eigenvalue weighted by molar-refractivity contribution is 9.10. The van der Waals surface area contributed by atoms with Gasteiger partial charge in [-0.3, -0.25) is 4.79 Å². The van der Waals surface area contributed by atoms with Crippen LogP contribution in [-0.2, 0) is 4.79 Å². The molecule has 1 rings (SSSR count). The van der Waals surface area contributed by atoms with Gasteiger partial charge in [0.1, 0.15) is 0 Å². The molecule has 0 aliphatic rings. The Hall–Kier alpha value is -1.56. The third kappa shape index (κ3) is 5.61. The maximum atomic E-state index is 11.7. The molecule has 5 nitrogen and oxygen atoms in total. The highest BCUT2D eigenvalue weighted by Gasteiger charge is 2.10. The Kier molecular flexibility index (Phi) is 6.51. The highest BCUT2D eigenvalue weighted by Crippen LogP contribution is 2.23. The third-order valence-corrected chi connectivity index (χ3v) is 3.55. The van der Waals surface area contributed by atoms with Crippen molar-refractivity contribution >= 4 is 33.6 Å². The summed E-state index contributed by atoms with van der Waals surface area (Å²) >= 11 is 3.38. The predicted molar refractivity (Wildman–Crippen MR) is 81.9 cm³/mol. The maximum absolute atomic E-state index is 11.7. The van der Waals surface area contributed by atoms with E-state index >= 15 is 0 Å². The number of halogens is 1. The number of nitrogens with one attached hydrogen (secondary N) is 2. The summed E-state index contributed by atoms with van der Waals surface area (Å²) in [5, 5.41) is 14.2. The third-order valence-electron chi connectivity index (χ3n) is 2.89. The number of benzene rings is 1. The fraction of sp³-hybridized carbons (Fsp3) is 0.429. The standard InChI is InChI=1S/C14H19BrN2O3/c1-9-5-6-12(11(15)8-9)17-14(20)16-7-3-4-10(2)13(18)19/h5-6,8,10H,3-4,7H2,1-2H3,(H,18,19)(H2,16,17,20). The van der Waals surface area contributed by atoms with Gasteiger partial charge in [0.2, 0.25) is 0 Å². The molecule has 0 spiro atoms. The number of carbonyl (C=O) groups excluding carboxylic acids is 1. The van der Waals surface area contributed by atoms with E-state index in [2.05, 4.69) is 26.6 Å². The lowest BCUT2D eigenvalue weighted by Gasteiger charge is -2.10. The van der Waals surface area contributed by atoms with Gasteiger partial charge in [0.05, 0.1) is 11.6 Å². The Labute approximate surface area is 126 Å². The minimum Gasteiger partial charge on any atom is -0.481 e. The first-order chi connectivity index (χ1) is 9.40. The number of amides is 2. The highest BCUT2D eigenvalue weighted by atomic mass is 79.9. The van der Waals surface area contributed by atoms with Gasteiger partial charge in [-0.15, -0.1) is 0 Å². The summed E-state index contributed by atoms with van der Waals surface area (Å²) in [6.07, 6.45) is 1.18. The first-order valence-electron chi connectivity index (χ1n) is 6.44. The van der Waals surface area contributed by atoms with E-state index < -0.39 is 5.97 Å². The van der Waals surface area contributed by atoms with Crippen LogP contribution in [0.3, 0.4) is 0 Å². The minimum atomic E-state index is -0.807. The molecule has 2 amide bonds. The van der Waals surface area contributed by atoms with Gasteiger partial charge in [0.25, 0.3) is 0 Å². The van der Waals surface area contributed by atoms with Gasteiger partial charge in [0.15, 0.2) is 0 Å². The molecule has 0 aliphatic heterocycles. The van der Waals surface area contributed by atoms with Crippen molar-refractivity contribution in [2.45, 2.75) is 26.7 Å². The van der Waals surface area contributed by atoms with Crippen LogP contribution in [0.5, 0.6) is 0 Å². The van der Waals surface area contributed by atoms with E-state index in [9.17, 15) is 9.59 Å². The quantitative estimate of drug-likeness (QED) is 0.693. The summed E-state index contributed by atoms with van der Waals surface area (Å²) in [4.78, 5) is 22.3. The van der Waals surface area contributed by atoms with Crippen molar-refractivity contribution in [3.05, 3.63) is 28.2 Å². The van der Waals surface area contributed by atoms with Crippen molar-refractivity contribution in [2.75, 3.05) is 11.9 Å². The number of carbonyl (C=O) groups is 2. The molecule has 0 bridgehead atoms. The summed E-state index contributed by atoms with van der Waals surface area (Å²) in [6.45, 7) is 4.08. The molecule has 6 heteroatoms. The molecule has 0 aliphatic carbocycles.